The maximum atomic E-state index is 12.7. The maximum Gasteiger partial charge on any atom is 0.191 e. The summed E-state index contributed by atoms with van der Waals surface area (Å²) in [6, 6.07) is 1.98. The van der Waals surface area contributed by atoms with Gasteiger partial charge in [-0.3, -0.25) is 4.79 Å². The minimum Gasteiger partial charge on any atom is -0.383 e. The Labute approximate surface area is 153 Å². The van der Waals surface area contributed by atoms with Crippen LogP contribution in [0, 0.1) is 13.8 Å². The van der Waals surface area contributed by atoms with Crippen molar-refractivity contribution in [3.63, 3.8) is 0 Å². The molecule has 0 aliphatic carbocycles. The van der Waals surface area contributed by atoms with E-state index >= 15 is 0 Å². The van der Waals surface area contributed by atoms with Crippen LogP contribution in [0.2, 0.25) is 0 Å². The van der Waals surface area contributed by atoms with Gasteiger partial charge in [-0.05, 0) is 32.8 Å². The van der Waals surface area contributed by atoms with Crippen molar-refractivity contribution in [2.24, 2.45) is 0 Å². The van der Waals surface area contributed by atoms with Gasteiger partial charge in [-0.15, -0.1) is 10.2 Å². The standard InChI is InChI=1S/C18H26N4O2S/c1-13-11-15(14(2)21(13)9-10-24-3)16(23)12-25-18-20-19-17-7-5-4-6-8-22(17)18/h11H,4-10,12H2,1-3H3. The van der Waals surface area contributed by atoms with Crippen molar-refractivity contribution < 1.29 is 9.53 Å². The molecule has 1 aliphatic heterocycles. The summed E-state index contributed by atoms with van der Waals surface area (Å²) in [7, 11) is 1.69. The molecule has 2 aromatic rings. The molecule has 0 unspecified atom stereocenters. The SMILES string of the molecule is COCCn1c(C)cc(C(=O)CSc2nnc3n2CCCCC3)c1C. The van der Waals surface area contributed by atoms with Crippen molar-refractivity contribution in [3.8, 4) is 0 Å². The summed E-state index contributed by atoms with van der Waals surface area (Å²) in [5.41, 5.74) is 2.91. The van der Waals surface area contributed by atoms with Gasteiger partial charge in [0, 0.05) is 43.6 Å². The number of carbonyl (C=O) groups excluding carboxylic acids is 1. The fourth-order valence-corrected chi connectivity index (χ4v) is 4.25. The van der Waals surface area contributed by atoms with Gasteiger partial charge in [-0.1, -0.05) is 18.2 Å². The van der Waals surface area contributed by atoms with E-state index in [0.717, 1.165) is 53.9 Å². The Morgan fingerprint density at radius 3 is 2.92 bits per heavy atom. The van der Waals surface area contributed by atoms with Crippen molar-refractivity contribution in [2.75, 3.05) is 19.5 Å². The van der Waals surface area contributed by atoms with Crippen LogP contribution in [0.5, 0.6) is 0 Å². The summed E-state index contributed by atoms with van der Waals surface area (Å²) in [4.78, 5) is 12.7. The lowest BCUT2D eigenvalue weighted by Gasteiger charge is -2.09. The number of nitrogens with zero attached hydrogens (tertiary/aromatic N) is 4. The van der Waals surface area contributed by atoms with E-state index in [4.69, 9.17) is 4.74 Å². The molecule has 0 atom stereocenters. The Kier molecular flexibility index (Phi) is 5.96. The third-order valence-corrected chi connectivity index (χ3v) is 5.77. The molecule has 136 valence electrons. The van der Waals surface area contributed by atoms with Crippen LogP contribution in [-0.2, 0) is 24.2 Å². The molecular weight excluding hydrogens is 336 g/mol. The summed E-state index contributed by atoms with van der Waals surface area (Å²) in [6.45, 7) is 6.41. The van der Waals surface area contributed by atoms with Gasteiger partial charge in [0.15, 0.2) is 10.9 Å². The molecule has 25 heavy (non-hydrogen) atoms. The maximum absolute atomic E-state index is 12.7. The van der Waals surface area contributed by atoms with E-state index in [1.807, 2.05) is 19.9 Å². The second kappa shape index (κ2) is 8.19. The molecule has 1 aliphatic rings. The fraction of sp³-hybridized carbons (Fsp3) is 0.611. The van der Waals surface area contributed by atoms with Crippen molar-refractivity contribution in [1.82, 2.24) is 19.3 Å². The first kappa shape index (κ1) is 18.2. The third-order valence-electron chi connectivity index (χ3n) is 4.80. The van der Waals surface area contributed by atoms with E-state index in [2.05, 4.69) is 19.3 Å². The fourth-order valence-electron chi connectivity index (χ4n) is 3.38. The van der Waals surface area contributed by atoms with Gasteiger partial charge in [-0.25, -0.2) is 0 Å². The number of hydrogen-bond acceptors (Lipinski definition) is 5. The van der Waals surface area contributed by atoms with Crippen LogP contribution in [0.25, 0.3) is 0 Å². The van der Waals surface area contributed by atoms with Gasteiger partial charge in [-0.2, -0.15) is 0 Å². The zero-order chi connectivity index (χ0) is 17.8. The Hall–Kier alpha value is -1.60. The van der Waals surface area contributed by atoms with E-state index in [-0.39, 0.29) is 5.78 Å². The lowest BCUT2D eigenvalue weighted by Crippen LogP contribution is -2.10. The topological polar surface area (TPSA) is 61.9 Å². The number of ether oxygens (including phenoxy) is 1. The summed E-state index contributed by atoms with van der Waals surface area (Å²) in [5.74, 6) is 1.60. The highest BCUT2D eigenvalue weighted by Gasteiger charge is 2.19. The molecule has 2 aromatic heterocycles. The highest BCUT2D eigenvalue weighted by atomic mass is 32.2. The van der Waals surface area contributed by atoms with Gasteiger partial charge >= 0.3 is 0 Å². The molecule has 3 heterocycles. The normalized spacial score (nSPS) is 14.4. The largest absolute Gasteiger partial charge is 0.383 e. The Balaban J connectivity index is 1.68. The van der Waals surface area contributed by atoms with Crippen LogP contribution in [-0.4, -0.2) is 44.6 Å². The molecule has 0 N–H and O–H groups in total. The number of Topliss-reactive ketones (excluding diaryl/α,β-unsaturated/α-hetero) is 1. The predicted octanol–water partition coefficient (Wildman–Crippen LogP) is 3.04. The molecule has 0 bridgehead atoms. The number of aryl methyl sites for hydroxylation is 2. The van der Waals surface area contributed by atoms with Crippen molar-refractivity contribution in [3.05, 3.63) is 28.8 Å². The minimum atomic E-state index is 0.146. The molecule has 0 spiro atoms. The van der Waals surface area contributed by atoms with E-state index in [1.54, 1.807) is 7.11 Å². The monoisotopic (exact) mass is 362 g/mol. The number of carbonyl (C=O) groups is 1. The first-order chi connectivity index (χ1) is 12.1. The van der Waals surface area contributed by atoms with Crippen LogP contribution in [0.4, 0.5) is 0 Å². The van der Waals surface area contributed by atoms with Gasteiger partial charge in [0.05, 0.1) is 12.4 Å². The molecule has 0 saturated carbocycles. The van der Waals surface area contributed by atoms with Crippen LogP contribution in [0.1, 0.15) is 46.8 Å². The highest BCUT2D eigenvalue weighted by molar-refractivity contribution is 7.99. The second-order valence-electron chi connectivity index (χ2n) is 6.50. The second-order valence-corrected chi connectivity index (χ2v) is 7.44. The molecule has 6 nitrogen and oxygen atoms in total. The zero-order valence-electron chi connectivity index (χ0n) is 15.2. The number of hydrogen-bond donors (Lipinski definition) is 0. The lowest BCUT2D eigenvalue weighted by atomic mass is 10.2. The smallest absolute Gasteiger partial charge is 0.191 e. The van der Waals surface area contributed by atoms with E-state index in [9.17, 15) is 4.79 Å². The average molecular weight is 362 g/mol. The molecule has 0 fully saturated rings. The summed E-state index contributed by atoms with van der Waals surface area (Å²) in [5, 5.41) is 9.47. The van der Waals surface area contributed by atoms with E-state index in [0.29, 0.717) is 12.4 Å². The highest BCUT2D eigenvalue weighted by Crippen LogP contribution is 2.24. The van der Waals surface area contributed by atoms with E-state index in [1.165, 1.54) is 24.6 Å². The lowest BCUT2D eigenvalue weighted by molar-refractivity contribution is 0.102. The summed E-state index contributed by atoms with van der Waals surface area (Å²) in [6.07, 6.45) is 4.56. The third kappa shape index (κ3) is 3.98. The van der Waals surface area contributed by atoms with Gasteiger partial charge in [0.2, 0.25) is 0 Å². The molecule has 0 saturated heterocycles. The molecule has 3 rings (SSSR count). The molecular formula is C18H26N4O2S. The number of methoxy groups -OCH3 is 1. The van der Waals surface area contributed by atoms with Crippen molar-refractivity contribution >= 4 is 17.5 Å². The van der Waals surface area contributed by atoms with Crippen LogP contribution in [0.3, 0.4) is 0 Å². The quantitative estimate of drug-likeness (QED) is 0.560. The van der Waals surface area contributed by atoms with Crippen LogP contribution in [0.15, 0.2) is 11.2 Å². The van der Waals surface area contributed by atoms with Gasteiger partial charge in [0.1, 0.15) is 5.82 Å². The minimum absolute atomic E-state index is 0.146. The Morgan fingerprint density at radius 2 is 2.12 bits per heavy atom. The summed E-state index contributed by atoms with van der Waals surface area (Å²) < 4.78 is 9.49. The first-order valence-electron chi connectivity index (χ1n) is 8.85. The summed E-state index contributed by atoms with van der Waals surface area (Å²) >= 11 is 1.50. The number of fused-ring (bicyclic) bond motifs is 1. The predicted molar refractivity (Wildman–Crippen MR) is 98.4 cm³/mol. The van der Waals surface area contributed by atoms with Crippen molar-refractivity contribution in [1.29, 1.82) is 0 Å². The molecule has 0 aromatic carbocycles. The van der Waals surface area contributed by atoms with Crippen molar-refractivity contribution in [2.45, 2.75) is 57.8 Å². The molecule has 0 amide bonds. The molecule has 7 heteroatoms. The number of ketones is 1. The van der Waals surface area contributed by atoms with Gasteiger partial charge < -0.3 is 13.9 Å². The number of thioether (sulfide) groups is 1. The first-order valence-corrected chi connectivity index (χ1v) is 9.84. The molecule has 0 radical (unpaired) electrons. The zero-order valence-corrected chi connectivity index (χ0v) is 16.1. The van der Waals surface area contributed by atoms with E-state index < -0.39 is 0 Å². The van der Waals surface area contributed by atoms with Crippen LogP contribution >= 0.6 is 11.8 Å². The number of aromatic nitrogens is 4. The Bertz CT molecular complexity index is 751. The number of rotatable bonds is 7. The van der Waals surface area contributed by atoms with Gasteiger partial charge in [0.25, 0.3) is 0 Å². The van der Waals surface area contributed by atoms with Crippen LogP contribution < -0.4 is 0 Å². The average Bonchev–Trinajstić information content (AvgIpc) is 3.01. The Morgan fingerprint density at radius 1 is 1.28 bits per heavy atom.